The van der Waals surface area contributed by atoms with Crippen LogP contribution < -0.4 is 4.90 Å². The second kappa shape index (κ2) is 2.79. The Morgan fingerprint density at radius 1 is 1.33 bits per heavy atom. The molecule has 2 aliphatic heterocycles. The second-order valence-corrected chi connectivity index (χ2v) is 6.11. The molecule has 1 nitrogen and oxygen atoms in total. The molecule has 3 atom stereocenters. The highest BCUT2D eigenvalue weighted by atomic mass is 79.9. The van der Waals surface area contributed by atoms with Crippen LogP contribution in [-0.4, -0.2) is 12.6 Å². The molecule has 0 bridgehead atoms. The first kappa shape index (κ1) is 8.63. The maximum absolute atomic E-state index is 3.57. The van der Waals surface area contributed by atoms with E-state index in [1.165, 1.54) is 36.0 Å². The average Bonchev–Trinajstić information content (AvgIpc) is 2.90. The van der Waals surface area contributed by atoms with Gasteiger partial charge in [-0.3, -0.25) is 0 Å². The Kier molecular flexibility index (Phi) is 1.60. The number of halogens is 1. The first-order valence-corrected chi connectivity index (χ1v) is 6.67. The summed E-state index contributed by atoms with van der Waals surface area (Å²) in [7, 11) is 0. The molecule has 1 aromatic carbocycles. The zero-order valence-corrected chi connectivity index (χ0v) is 10.2. The Bertz CT molecular complexity index is 429. The Labute approximate surface area is 98.6 Å². The van der Waals surface area contributed by atoms with Crippen molar-refractivity contribution in [2.24, 2.45) is 11.8 Å². The molecule has 2 fully saturated rings. The minimum atomic E-state index is 0.878. The molecular weight excluding hydrogens is 250 g/mol. The summed E-state index contributed by atoms with van der Waals surface area (Å²) in [5, 5.41) is 0. The number of anilines is 1. The third-order valence-electron chi connectivity index (χ3n) is 4.36. The number of hydrogen-bond acceptors (Lipinski definition) is 1. The van der Waals surface area contributed by atoms with Crippen molar-refractivity contribution in [1.29, 1.82) is 0 Å². The van der Waals surface area contributed by atoms with Gasteiger partial charge in [-0.2, -0.15) is 0 Å². The van der Waals surface area contributed by atoms with Gasteiger partial charge in [0.1, 0.15) is 0 Å². The maximum atomic E-state index is 3.57. The van der Waals surface area contributed by atoms with E-state index in [0.717, 1.165) is 17.9 Å². The van der Waals surface area contributed by atoms with Crippen molar-refractivity contribution < 1.29 is 0 Å². The van der Waals surface area contributed by atoms with Crippen LogP contribution >= 0.6 is 15.9 Å². The van der Waals surface area contributed by atoms with E-state index >= 15 is 0 Å². The van der Waals surface area contributed by atoms with Crippen LogP contribution in [0, 0.1) is 11.8 Å². The standard InChI is InChI=1S/C13H14BrN/c14-10-2-4-12-8(5-10)1-3-13-11-6-9(11)7-15(12)13/h2,4-5,9,11,13H,1,3,6-7H2. The third kappa shape index (κ3) is 1.14. The maximum Gasteiger partial charge on any atom is 0.0402 e. The van der Waals surface area contributed by atoms with Crippen molar-refractivity contribution in [2.75, 3.05) is 11.4 Å². The minimum Gasteiger partial charge on any atom is -0.368 e. The number of piperidine rings is 1. The van der Waals surface area contributed by atoms with Gasteiger partial charge in [0, 0.05) is 22.7 Å². The van der Waals surface area contributed by atoms with Gasteiger partial charge >= 0.3 is 0 Å². The van der Waals surface area contributed by atoms with E-state index in [1.807, 2.05) is 0 Å². The van der Waals surface area contributed by atoms with E-state index in [2.05, 4.69) is 39.0 Å². The van der Waals surface area contributed by atoms with Crippen LogP contribution in [0.25, 0.3) is 0 Å². The van der Waals surface area contributed by atoms with E-state index < -0.39 is 0 Å². The fourth-order valence-electron chi connectivity index (χ4n) is 3.56. The zero-order chi connectivity index (χ0) is 9.99. The molecule has 1 aromatic rings. The molecule has 0 radical (unpaired) electrons. The molecule has 1 aliphatic carbocycles. The molecule has 0 N–H and O–H groups in total. The number of fused-ring (bicyclic) bond motifs is 5. The second-order valence-electron chi connectivity index (χ2n) is 5.19. The number of benzene rings is 1. The lowest BCUT2D eigenvalue weighted by molar-refractivity contribution is 0.531. The Balaban J connectivity index is 1.79. The van der Waals surface area contributed by atoms with Gasteiger partial charge < -0.3 is 4.90 Å². The third-order valence-corrected chi connectivity index (χ3v) is 4.86. The topological polar surface area (TPSA) is 3.24 Å². The van der Waals surface area contributed by atoms with Crippen molar-refractivity contribution >= 4 is 21.6 Å². The molecule has 0 spiro atoms. The summed E-state index contributed by atoms with van der Waals surface area (Å²) < 4.78 is 1.23. The molecule has 1 saturated heterocycles. The monoisotopic (exact) mass is 263 g/mol. The van der Waals surface area contributed by atoms with E-state index in [0.29, 0.717) is 0 Å². The Hall–Kier alpha value is -0.500. The minimum absolute atomic E-state index is 0.878. The zero-order valence-electron chi connectivity index (χ0n) is 8.62. The SMILES string of the molecule is Brc1ccc2c(c1)CCC1C3CC3CN21. The number of aryl methyl sites for hydroxylation is 1. The summed E-state index contributed by atoms with van der Waals surface area (Å²) in [5.41, 5.74) is 3.06. The van der Waals surface area contributed by atoms with E-state index in [9.17, 15) is 0 Å². The first-order chi connectivity index (χ1) is 7.33. The lowest BCUT2D eigenvalue weighted by atomic mass is 9.95. The molecule has 1 saturated carbocycles. The molecule has 0 amide bonds. The summed E-state index contributed by atoms with van der Waals surface area (Å²) in [6.07, 6.45) is 4.16. The van der Waals surface area contributed by atoms with Gasteiger partial charge in [-0.25, -0.2) is 0 Å². The van der Waals surface area contributed by atoms with Crippen LogP contribution in [0.4, 0.5) is 5.69 Å². The molecule has 2 heterocycles. The van der Waals surface area contributed by atoms with Crippen LogP contribution in [-0.2, 0) is 6.42 Å². The lowest BCUT2D eigenvalue weighted by Gasteiger charge is -2.35. The summed E-state index contributed by atoms with van der Waals surface area (Å²) in [4.78, 5) is 2.67. The van der Waals surface area contributed by atoms with Gasteiger partial charge in [0.25, 0.3) is 0 Å². The molecule has 2 heteroatoms. The van der Waals surface area contributed by atoms with Gasteiger partial charge in [-0.1, -0.05) is 15.9 Å². The van der Waals surface area contributed by atoms with Gasteiger partial charge in [0.15, 0.2) is 0 Å². The lowest BCUT2D eigenvalue weighted by Crippen LogP contribution is -2.37. The van der Waals surface area contributed by atoms with Gasteiger partial charge in [-0.15, -0.1) is 0 Å². The van der Waals surface area contributed by atoms with Gasteiger partial charge in [0.2, 0.25) is 0 Å². The van der Waals surface area contributed by atoms with E-state index in [1.54, 1.807) is 5.56 Å². The number of nitrogens with zero attached hydrogens (tertiary/aromatic N) is 1. The van der Waals surface area contributed by atoms with Crippen molar-refractivity contribution in [3.05, 3.63) is 28.2 Å². The van der Waals surface area contributed by atoms with Crippen LogP contribution in [0.1, 0.15) is 18.4 Å². The Morgan fingerprint density at radius 3 is 3.20 bits per heavy atom. The van der Waals surface area contributed by atoms with Crippen molar-refractivity contribution in [2.45, 2.75) is 25.3 Å². The van der Waals surface area contributed by atoms with Crippen LogP contribution in [0.3, 0.4) is 0 Å². The first-order valence-electron chi connectivity index (χ1n) is 5.88. The summed E-state index contributed by atoms with van der Waals surface area (Å²) in [5.74, 6) is 2.08. The quantitative estimate of drug-likeness (QED) is 0.695. The smallest absolute Gasteiger partial charge is 0.0402 e. The molecule has 0 aromatic heterocycles. The molecule has 78 valence electrons. The Morgan fingerprint density at radius 2 is 2.27 bits per heavy atom. The molecule has 3 aliphatic rings. The highest BCUT2D eigenvalue weighted by Gasteiger charge is 2.53. The summed E-state index contributed by atoms with van der Waals surface area (Å²) >= 11 is 3.57. The van der Waals surface area contributed by atoms with Gasteiger partial charge in [-0.05, 0) is 54.9 Å². The summed E-state index contributed by atoms with van der Waals surface area (Å²) in [6, 6.07) is 7.67. The molecule has 15 heavy (non-hydrogen) atoms. The molecular formula is C13H14BrN. The predicted molar refractivity (Wildman–Crippen MR) is 65.2 cm³/mol. The summed E-state index contributed by atoms with van der Waals surface area (Å²) in [6.45, 7) is 1.32. The van der Waals surface area contributed by atoms with Crippen molar-refractivity contribution in [3.63, 3.8) is 0 Å². The number of rotatable bonds is 0. The highest BCUT2D eigenvalue weighted by Crippen LogP contribution is 2.54. The average molecular weight is 264 g/mol. The van der Waals surface area contributed by atoms with E-state index in [4.69, 9.17) is 0 Å². The fourth-order valence-corrected chi connectivity index (χ4v) is 3.96. The van der Waals surface area contributed by atoms with Crippen molar-refractivity contribution in [3.8, 4) is 0 Å². The van der Waals surface area contributed by atoms with Crippen LogP contribution in [0.5, 0.6) is 0 Å². The number of hydrogen-bond donors (Lipinski definition) is 0. The van der Waals surface area contributed by atoms with Crippen LogP contribution in [0.2, 0.25) is 0 Å². The molecule has 3 unspecified atom stereocenters. The normalized spacial score (nSPS) is 35.8. The van der Waals surface area contributed by atoms with Gasteiger partial charge in [0.05, 0.1) is 0 Å². The van der Waals surface area contributed by atoms with Crippen LogP contribution in [0.15, 0.2) is 22.7 Å². The predicted octanol–water partition coefficient (Wildman–Crippen LogP) is 3.22. The largest absolute Gasteiger partial charge is 0.368 e. The van der Waals surface area contributed by atoms with E-state index in [-0.39, 0.29) is 0 Å². The van der Waals surface area contributed by atoms with Crippen molar-refractivity contribution in [1.82, 2.24) is 0 Å². The highest BCUT2D eigenvalue weighted by molar-refractivity contribution is 9.10. The fraction of sp³-hybridized carbons (Fsp3) is 0.538. The molecule has 4 rings (SSSR count).